The van der Waals surface area contributed by atoms with Crippen molar-refractivity contribution in [2.45, 2.75) is 25.1 Å². The molecule has 0 fully saturated rings. The zero-order valence-corrected chi connectivity index (χ0v) is 11.0. The lowest BCUT2D eigenvalue weighted by Gasteiger charge is -2.18. The Morgan fingerprint density at radius 1 is 1.41 bits per heavy atom. The maximum atomic E-state index is 12.2. The van der Waals surface area contributed by atoms with Gasteiger partial charge in [-0.05, 0) is 24.1 Å². The number of nitrogens with one attached hydrogen (secondary N) is 1. The zero-order valence-electron chi connectivity index (χ0n) is 8.69. The van der Waals surface area contributed by atoms with Crippen LogP contribution in [0.25, 0.3) is 0 Å². The fourth-order valence-electron chi connectivity index (χ4n) is 1.42. The lowest BCUT2D eigenvalue weighted by Crippen LogP contribution is -2.40. The van der Waals surface area contributed by atoms with Crippen molar-refractivity contribution in [1.29, 1.82) is 0 Å². The van der Waals surface area contributed by atoms with E-state index in [4.69, 9.17) is 17.4 Å². The molecule has 17 heavy (non-hydrogen) atoms. The molecule has 0 heterocycles. The topological polar surface area (TPSA) is 38.0 Å². The standard InChI is InChI=1S/C10H11BrClF3N2/c11-7-2-1-6(9(12)4-7)3-8(17-16)5-10(13,14)15/h1-2,4,8,17H,3,5,16H2. The number of hydrogen-bond donors (Lipinski definition) is 2. The van der Waals surface area contributed by atoms with Gasteiger partial charge in [0, 0.05) is 15.5 Å². The van der Waals surface area contributed by atoms with Crippen LogP contribution in [0.2, 0.25) is 5.02 Å². The van der Waals surface area contributed by atoms with Crippen molar-refractivity contribution in [2.75, 3.05) is 0 Å². The molecular weight excluding hydrogens is 320 g/mol. The average molecular weight is 332 g/mol. The van der Waals surface area contributed by atoms with Crippen LogP contribution < -0.4 is 11.3 Å². The van der Waals surface area contributed by atoms with Gasteiger partial charge in [-0.25, -0.2) is 0 Å². The number of halogens is 5. The van der Waals surface area contributed by atoms with E-state index < -0.39 is 18.6 Å². The van der Waals surface area contributed by atoms with E-state index in [1.54, 1.807) is 18.2 Å². The Kier molecular flexibility index (Phi) is 5.24. The molecule has 96 valence electrons. The second kappa shape index (κ2) is 6.04. The van der Waals surface area contributed by atoms with Gasteiger partial charge in [0.25, 0.3) is 0 Å². The highest BCUT2D eigenvalue weighted by Gasteiger charge is 2.31. The number of hydrazine groups is 1. The maximum Gasteiger partial charge on any atom is 0.390 e. The number of hydrogen-bond acceptors (Lipinski definition) is 2. The molecule has 0 amide bonds. The van der Waals surface area contributed by atoms with Crippen LogP contribution >= 0.6 is 27.5 Å². The summed E-state index contributed by atoms with van der Waals surface area (Å²) < 4.78 is 37.4. The summed E-state index contributed by atoms with van der Waals surface area (Å²) in [6.07, 6.45) is -5.11. The predicted molar refractivity (Wildman–Crippen MR) is 64.6 cm³/mol. The third-order valence-corrected chi connectivity index (χ3v) is 3.04. The van der Waals surface area contributed by atoms with Crippen molar-refractivity contribution < 1.29 is 13.2 Å². The van der Waals surface area contributed by atoms with Crippen molar-refractivity contribution in [3.8, 4) is 0 Å². The molecule has 3 N–H and O–H groups in total. The van der Waals surface area contributed by atoms with E-state index in [0.717, 1.165) is 4.47 Å². The second-order valence-corrected chi connectivity index (χ2v) is 4.95. The molecule has 0 saturated carbocycles. The summed E-state index contributed by atoms with van der Waals surface area (Å²) in [7, 11) is 0. The summed E-state index contributed by atoms with van der Waals surface area (Å²) >= 11 is 9.15. The van der Waals surface area contributed by atoms with Gasteiger partial charge < -0.3 is 0 Å². The highest BCUT2D eigenvalue weighted by molar-refractivity contribution is 9.10. The number of rotatable bonds is 4. The summed E-state index contributed by atoms with van der Waals surface area (Å²) in [4.78, 5) is 0. The van der Waals surface area contributed by atoms with Crippen molar-refractivity contribution in [3.63, 3.8) is 0 Å². The smallest absolute Gasteiger partial charge is 0.271 e. The van der Waals surface area contributed by atoms with Gasteiger partial charge in [-0.1, -0.05) is 33.6 Å². The van der Waals surface area contributed by atoms with Crippen molar-refractivity contribution >= 4 is 27.5 Å². The normalized spacial score (nSPS) is 13.8. The van der Waals surface area contributed by atoms with Crippen LogP contribution in [0.4, 0.5) is 13.2 Å². The molecular formula is C10H11BrClF3N2. The van der Waals surface area contributed by atoms with Crippen molar-refractivity contribution in [3.05, 3.63) is 33.3 Å². The van der Waals surface area contributed by atoms with Crippen molar-refractivity contribution in [1.82, 2.24) is 5.43 Å². The Labute approximate surface area is 110 Å². The first kappa shape index (κ1) is 14.8. The SMILES string of the molecule is NNC(Cc1ccc(Br)cc1Cl)CC(F)(F)F. The van der Waals surface area contributed by atoms with E-state index in [1.807, 2.05) is 0 Å². The lowest BCUT2D eigenvalue weighted by molar-refractivity contribution is -0.140. The number of nitrogens with two attached hydrogens (primary N) is 1. The maximum absolute atomic E-state index is 12.2. The summed E-state index contributed by atoms with van der Waals surface area (Å²) in [5.41, 5.74) is 2.79. The molecule has 1 unspecified atom stereocenters. The highest BCUT2D eigenvalue weighted by Crippen LogP contribution is 2.26. The van der Waals surface area contributed by atoms with Crippen molar-refractivity contribution in [2.24, 2.45) is 5.84 Å². The molecule has 0 saturated heterocycles. The fourth-order valence-corrected chi connectivity index (χ4v) is 2.17. The van der Waals surface area contributed by atoms with Gasteiger partial charge in [-0.3, -0.25) is 11.3 Å². The van der Waals surface area contributed by atoms with Gasteiger partial charge in [-0.15, -0.1) is 0 Å². The van der Waals surface area contributed by atoms with Gasteiger partial charge in [0.1, 0.15) is 0 Å². The molecule has 0 spiro atoms. The van der Waals surface area contributed by atoms with Gasteiger partial charge in [-0.2, -0.15) is 13.2 Å². The quantitative estimate of drug-likeness (QED) is 0.655. The van der Waals surface area contributed by atoms with E-state index in [2.05, 4.69) is 21.4 Å². The minimum absolute atomic E-state index is 0.127. The Morgan fingerprint density at radius 3 is 2.53 bits per heavy atom. The molecule has 0 aromatic heterocycles. The third kappa shape index (κ3) is 5.25. The second-order valence-electron chi connectivity index (χ2n) is 3.62. The lowest BCUT2D eigenvalue weighted by atomic mass is 10.0. The summed E-state index contributed by atoms with van der Waals surface area (Å²) in [5.74, 6) is 5.11. The molecule has 2 nitrogen and oxygen atoms in total. The van der Waals surface area contributed by atoms with E-state index >= 15 is 0 Å². The van der Waals surface area contributed by atoms with E-state index in [-0.39, 0.29) is 6.42 Å². The van der Waals surface area contributed by atoms with E-state index in [9.17, 15) is 13.2 Å². The minimum atomic E-state index is -4.25. The first-order valence-electron chi connectivity index (χ1n) is 4.78. The zero-order chi connectivity index (χ0) is 13.1. The molecule has 1 atom stereocenters. The van der Waals surface area contributed by atoms with Crippen LogP contribution in [0.15, 0.2) is 22.7 Å². The molecule has 0 aliphatic carbocycles. The minimum Gasteiger partial charge on any atom is -0.271 e. The van der Waals surface area contributed by atoms with Gasteiger partial charge in [0.05, 0.1) is 6.42 Å². The Bertz CT molecular complexity index is 384. The highest BCUT2D eigenvalue weighted by atomic mass is 79.9. The third-order valence-electron chi connectivity index (χ3n) is 2.19. The largest absolute Gasteiger partial charge is 0.390 e. The first-order valence-corrected chi connectivity index (χ1v) is 5.95. The van der Waals surface area contributed by atoms with E-state index in [1.165, 1.54) is 0 Å². The fraction of sp³-hybridized carbons (Fsp3) is 0.400. The number of benzene rings is 1. The van der Waals surface area contributed by atoms with Crippen LogP contribution in [0.1, 0.15) is 12.0 Å². The molecule has 0 bridgehead atoms. The molecule has 1 aromatic rings. The first-order chi connectivity index (χ1) is 7.81. The van der Waals surface area contributed by atoms with Crippen LogP contribution in [-0.2, 0) is 6.42 Å². The predicted octanol–water partition coefficient (Wildman–Crippen LogP) is 3.43. The molecule has 1 rings (SSSR count). The van der Waals surface area contributed by atoms with Crippen LogP contribution in [0.5, 0.6) is 0 Å². The molecule has 1 aromatic carbocycles. The summed E-state index contributed by atoms with van der Waals surface area (Å²) in [5, 5.41) is 0.418. The van der Waals surface area contributed by atoms with E-state index in [0.29, 0.717) is 10.6 Å². The summed E-state index contributed by atoms with van der Waals surface area (Å²) in [6.45, 7) is 0. The average Bonchev–Trinajstić information content (AvgIpc) is 2.19. The van der Waals surface area contributed by atoms with Crippen LogP contribution in [0.3, 0.4) is 0 Å². The summed E-state index contributed by atoms with van der Waals surface area (Å²) in [6, 6.07) is 4.15. The Balaban J connectivity index is 2.74. The molecule has 0 aliphatic heterocycles. The molecule has 7 heteroatoms. The number of alkyl halides is 3. The monoisotopic (exact) mass is 330 g/mol. The molecule has 0 radical (unpaired) electrons. The molecule has 0 aliphatic rings. The van der Waals surface area contributed by atoms with Gasteiger partial charge in [0.2, 0.25) is 0 Å². The van der Waals surface area contributed by atoms with Crippen LogP contribution in [-0.4, -0.2) is 12.2 Å². The Hall–Kier alpha value is -0.300. The van der Waals surface area contributed by atoms with Gasteiger partial charge in [0.15, 0.2) is 0 Å². The Morgan fingerprint density at radius 2 is 2.06 bits per heavy atom. The van der Waals surface area contributed by atoms with Gasteiger partial charge >= 0.3 is 6.18 Å². The van der Waals surface area contributed by atoms with Crippen LogP contribution in [0, 0.1) is 0 Å².